The molecule has 2 saturated heterocycles. The third-order valence-electron chi connectivity index (χ3n) is 7.62. The van der Waals surface area contributed by atoms with E-state index in [0.717, 1.165) is 35.1 Å². The molecule has 3 aliphatic heterocycles. The first-order valence-electron chi connectivity index (χ1n) is 12.3. The van der Waals surface area contributed by atoms with Crippen molar-refractivity contribution in [3.05, 3.63) is 57.5 Å². The Bertz CT molecular complexity index is 1380. The molecular formula is C26H25ClFN3O5. The Morgan fingerprint density at radius 2 is 2.06 bits per heavy atom. The number of aryl methyl sites for hydroxylation is 1. The van der Waals surface area contributed by atoms with E-state index < -0.39 is 6.10 Å². The highest BCUT2D eigenvalue weighted by Crippen LogP contribution is 2.40. The number of hydrogen-bond acceptors (Lipinski definition) is 7. The molecule has 2 fully saturated rings. The normalized spacial score (nSPS) is 29.1. The average molecular weight is 514 g/mol. The zero-order valence-electron chi connectivity index (χ0n) is 19.4. The highest BCUT2D eigenvalue weighted by molar-refractivity contribution is 6.31. The van der Waals surface area contributed by atoms with Gasteiger partial charge >= 0.3 is 0 Å². The summed E-state index contributed by atoms with van der Waals surface area (Å²) in [5.74, 6) is -0.180. The van der Waals surface area contributed by atoms with Crippen LogP contribution in [0.5, 0.6) is 6.01 Å². The van der Waals surface area contributed by atoms with Crippen LogP contribution in [0.25, 0.3) is 16.7 Å². The molecule has 5 heterocycles. The third-order valence-corrected chi connectivity index (χ3v) is 7.95. The van der Waals surface area contributed by atoms with Crippen molar-refractivity contribution in [2.24, 2.45) is 0 Å². The number of fused-ring (bicyclic) bond motifs is 3. The Hall–Kier alpha value is -2.56. The summed E-state index contributed by atoms with van der Waals surface area (Å²) in [5, 5.41) is 10.4. The molecule has 1 aromatic carbocycles. The Balaban J connectivity index is 1.11. The van der Waals surface area contributed by atoms with Gasteiger partial charge < -0.3 is 29.0 Å². The summed E-state index contributed by atoms with van der Waals surface area (Å²) in [6.45, 7) is 1.64. The summed E-state index contributed by atoms with van der Waals surface area (Å²) >= 11 is 6.59. The Morgan fingerprint density at radius 1 is 1.17 bits per heavy atom. The highest BCUT2D eigenvalue weighted by Gasteiger charge is 2.48. The van der Waals surface area contributed by atoms with E-state index >= 15 is 4.39 Å². The van der Waals surface area contributed by atoms with E-state index in [1.54, 1.807) is 12.1 Å². The summed E-state index contributed by atoms with van der Waals surface area (Å²) < 4.78 is 37.8. The number of aromatic nitrogens is 3. The van der Waals surface area contributed by atoms with Gasteiger partial charge in [0.15, 0.2) is 11.8 Å². The predicted octanol–water partition coefficient (Wildman–Crippen LogP) is 3.34. The molecule has 0 saturated carbocycles. The molecule has 4 aliphatic rings. The van der Waals surface area contributed by atoms with Gasteiger partial charge in [0, 0.05) is 0 Å². The van der Waals surface area contributed by atoms with E-state index in [-0.39, 0.29) is 36.7 Å². The van der Waals surface area contributed by atoms with Gasteiger partial charge in [-0.15, -0.1) is 0 Å². The van der Waals surface area contributed by atoms with Gasteiger partial charge in [0.1, 0.15) is 24.1 Å². The largest absolute Gasteiger partial charge is 0.456 e. The van der Waals surface area contributed by atoms with E-state index in [1.807, 2.05) is 6.08 Å². The molecule has 0 unspecified atom stereocenters. The first kappa shape index (κ1) is 22.6. The van der Waals surface area contributed by atoms with E-state index in [4.69, 9.17) is 35.5 Å². The number of ether oxygens (including phenoxy) is 4. The van der Waals surface area contributed by atoms with Crippen LogP contribution < -0.4 is 4.74 Å². The minimum Gasteiger partial charge on any atom is -0.456 e. The molecule has 36 heavy (non-hydrogen) atoms. The SMILES string of the molecule is O[C@@H]1CO[C@H]2[C@@H]1OC[C@H]2Oc1nc2nc(C[C@H]3CCc4cc(C5=CCOC5)cc(F)c43)c(Cl)cc2[nH]1. The molecule has 0 bridgehead atoms. The van der Waals surface area contributed by atoms with Crippen molar-refractivity contribution in [1.29, 1.82) is 0 Å². The van der Waals surface area contributed by atoms with Crippen LogP contribution >= 0.6 is 11.6 Å². The molecule has 0 amide bonds. The van der Waals surface area contributed by atoms with Crippen LogP contribution in [0, 0.1) is 5.82 Å². The molecular weight excluding hydrogens is 489 g/mol. The van der Waals surface area contributed by atoms with Crippen molar-refractivity contribution in [3.8, 4) is 6.01 Å². The summed E-state index contributed by atoms with van der Waals surface area (Å²) in [6, 6.07) is 5.79. The lowest BCUT2D eigenvalue weighted by atomic mass is 9.93. The monoisotopic (exact) mass is 513 g/mol. The molecule has 7 rings (SSSR count). The van der Waals surface area contributed by atoms with Crippen LogP contribution in [0.15, 0.2) is 24.3 Å². The van der Waals surface area contributed by atoms with Gasteiger partial charge in [0.05, 0.1) is 42.7 Å². The number of hydrogen-bond donors (Lipinski definition) is 2. The lowest BCUT2D eigenvalue weighted by molar-refractivity contribution is 0.00706. The van der Waals surface area contributed by atoms with Crippen molar-refractivity contribution >= 4 is 28.3 Å². The van der Waals surface area contributed by atoms with E-state index in [1.165, 1.54) is 0 Å². The van der Waals surface area contributed by atoms with Gasteiger partial charge in [-0.05, 0) is 59.6 Å². The van der Waals surface area contributed by atoms with Gasteiger partial charge in [0.2, 0.25) is 0 Å². The molecule has 3 aromatic rings. The van der Waals surface area contributed by atoms with Gasteiger partial charge in [0.25, 0.3) is 6.01 Å². The molecule has 5 atom stereocenters. The fourth-order valence-electron chi connectivity index (χ4n) is 5.84. The number of nitrogens with zero attached hydrogens (tertiary/aromatic N) is 2. The molecule has 8 nitrogen and oxygen atoms in total. The molecule has 1 aliphatic carbocycles. The number of aliphatic hydroxyl groups is 1. The zero-order chi connectivity index (χ0) is 24.4. The molecule has 0 spiro atoms. The molecule has 188 valence electrons. The van der Waals surface area contributed by atoms with Gasteiger partial charge in [-0.1, -0.05) is 23.7 Å². The van der Waals surface area contributed by atoms with Gasteiger partial charge in [-0.2, -0.15) is 4.98 Å². The van der Waals surface area contributed by atoms with Crippen molar-refractivity contribution in [1.82, 2.24) is 15.0 Å². The van der Waals surface area contributed by atoms with Crippen molar-refractivity contribution in [3.63, 3.8) is 0 Å². The van der Waals surface area contributed by atoms with Crippen LogP contribution in [0.3, 0.4) is 0 Å². The maximum atomic E-state index is 15.2. The second-order valence-corrected chi connectivity index (χ2v) is 10.3. The molecule has 2 N–H and O–H groups in total. The lowest BCUT2D eigenvalue weighted by Crippen LogP contribution is -2.34. The predicted molar refractivity (Wildman–Crippen MR) is 129 cm³/mol. The minimum atomic E-state index is -0.645. The number of pyridine rings is 1. The van der Waals surface area contributed by atoms with Crippen LogP contribution in [-0.2, 0) is 27.1 Å². The standard InChI is InChI=1S/C26H25ClFN3O5/c27-16-8-19-25(31-26(30-19)36-21-11-35-23-20(32)10-34-24(21)23)29-18(16)7-13-2-1-12-5-15(6-17(28)22(12)13)14-3-4-33-9-14/h3,5-6,8,13,20-21,23-24,32H,1-2,4,7,9-11H2,(H,29,30,31)/t13-,20-,21-,23-,24-/m1/s1. The topological polar surface area (TPSA) is 98.7 Å². The van der Waals surface area contributed by atoms with Crippen molar-refractivity contribution in [2.75, 3.05) is 26.4 Å². The highest BCUT2D eigenvalue weighted by atomic mass is 35.5. The van der Waals surface area contributed by atoms with Crippen molar-refractivity contribution < 1.29 is 28.4 Å². The van der Waals surface area contributed by atoms with E-state index in [9.17, 15) is 5.11 Å². The number of benzene rings is 1. The number of halogens is 2. The number of H-pyrrole nitrogens is 1. The second-order valence-electron chi connectivity index (χ2n) is 9.86. The number of rotatable bonds is 5. The summed E-state index contributed by atoms with van der Waals surface area (Å²) in [4.78, 5) is 12.3. The van der Waals surface area contributed by atoms with Crippen molar-refractivity contribution in [2.45, 2.75) is 49.6 Å². The van der Waals surface area contributed by atoms with E-state index in [2.05, 4.69) is 16.0 Å². The number of aliphatic hydroxyl groups excluding tert-OH is 1. The molecule has 0 radical (unpaired) electrons. The van der Waals surface area contributed by atoms with Crippen LogP contribution in [0.2, 0.25) is 5.02 Å². The third kappa shape index (κ3) is 3.81. The quantitative estimate of drug-likeness (QED) is 0.540. The first-order valence-corrected chi connectivity index (χ1v) is 12.6. The summed E-state index contributed by atoms with van der Waals surface area (Å²) in [7, 11) is 0. The van der Waals surface area contributed by atoms with Gasteiger partial charge in [-0.25, -0.2) is 9.37 Å². The number of aromatic amines is 1. The maximum absolute atomic E-state index is 15.2. The molecule has 10 heteroatoms. The molecule has 2 aromatic heterocycles. The lowest BCUT2D eigenvalue weighted by Gasteiger charge is -2.15. The Labute approximate surface area is 211 Å². The Morgan fingerprint density at radius 3 is 2.92 bits per heavy atom. The minimum absolute atomic E-state index is 0.00140. The number of nitrogens with one attached hydrogen (secondary N) is 1. The Kier molecular flexibility index (Phi) is 5.52. The first-order chi connectivity index (χ1) is 17.5. The zero-order valence-corrected chi connectivity index (χ0v) is 20.1. The number of imidazole rings is 1. The summed E-state index contributed by atoms with van der Waals surface area (Å²) in [5.41, 5.74) is 5.57. The smallest absolute Gasteiger partial charge is 0.296 e. The van der Waals surface area contributed by atoms with Crippen LogP contribution in [0.1, 0.15) is 34.7 Å². The maximum Gasteiger partial charge on any atom is 0.296 e. The average Bonchev–Trinajstić information content (AvgIpc) is 3.66. The summed E-state index contributed by atoms with van der Waals surface area (Å²) in [6.07, 6.45) is 2.46. The van der Waals surface area contributed by atoms with E-state index in [0.29, 0.717) is 54.1 Å². The van der Waals surface area contributed by atoms with Crippen LogP contribution in [-0.4, -0.2) is 70.9 Å². The fourth-order valence-corrected chi connectivity index (χ4v) is 6.07. The second kappa shape index (κ2) is 8.78. The van der Waals surface area contributed by atoms with Crippen LogP contribution in [0.4, 0.5) is 4.39 Å². The van der Waals surface area contributed by atoms with Gasteiger partial charge in [-0.3, -0.25) is 0 Å². The fraction of sp³-hybridized carbons (Fsp3) is 0.462.